The smallest absolute Gasteiger partial charge is 0.134 e. The third-order valence-electron chi connectivity index (χ3n) is 3.13. The number of rotatable bonds is 3. The van der Waals surface area contributed by atoms with E-state index >= 15 is 0 Å². The van der Waals surface area contributed by atoms with Crippen molar-refractivity contribution < 1.29 is 8.78 Å². The molecule has 0 saturated heterocycles. The summed E-state index contributed by atoms with van der Waals surface area (Å²) in [6, 6.07) is 6.35. The van der Waals surface area contributed by atoms with Gasteiger partial charge in [0.15, 0.2) is 0 Å². The maximum atomic E-state index is 14.2. The second kappa shape index (κ2) is 5.75. The van der Waals surface area contributed by atoms with Gasteiger partial charge in [-0.1, -0.05) is 23.7 Å². The highest BCUT2D eigenvalue weighted by Gasteiger charge is 2.23. The Balaban J connectivity index is 2.61. The largest absolute Gasteiger partial charge is 0.398 e. The lowest BCUT2D eigenvalue weighted by Crippen LogP contribution is -2.31. The Morgan fingerprint density at radius 3 is 2.50 bits per heavy atom. The van der Waals surface area contributed by atoms with E-state index in [0.717, 1.165) is 0 Å². The van der Waals surface area contributed by atoms with Crippen LogP contribution in [0, 0.1) is 18.6 Å². The van der Waals surface area contributed by atoms with Crippen LogP contribution in [0.15, 0.2) is 30.3 Å². The highest BCUT2D eigenvalue weighted by molar-refractivity contribution is 6.30. The molecule has 106 valence electrons. The molecule has 2 rings (SSSR count). The van der Waals surface area contributed by atoms with Gasteiger partial charge in [-0.2, -0.15) is 0 Å². The van der Waals surface area contributed by atoms with E-state index in [0.29, 0.717) is 21.8 Å². The number of anilines is 1. The number of nitrogens with two attached hydrogens (primary N) is 2. The zero-order valence-corrected chi connectivity index (χ0v) is 11.5. The molecule has 0 radical (unpaired) electrons. The van der Waals surface area contributed by atoms with Crippen LogP contribution in [-0.4, -0.2) is 0 Å². The van der Waals surface area contributed by atoms with Gasteiger partial charge >= 0.3 is 0 Å². The molecule has 0 bridgehead atoms. The Labute approximate surface area is 120 Å². The van der Waals surface area contributed by atoms with E-state index in [1.165, 1.54) is 18.2 Å². The molecule has 0 aliphatic rings. The van der Waals surface area contributed by atoms with E-state index in [-0.39, 0.29) is 5.56 Å². The molecule has 5 N–H and O–H groups in total. The number of nitrogen functional groups attached to an aromatic ring is 1. The first kappa shape index (κ1) is 14.7. The molecule has 0 aliphatic heterocycles. The molecule has 0 heterocycles. The third kappa shape index (κ3) is 2.60. The van der Waals surface area contributed by atoms with Gasteiger partial charge in [0, 0.05) is 16.3 Å². The molecule has 20 heavy (non-hydrogen) atoms. The van der Waals surface area contributed by atoms with Crippen molar-refractivity contribution in [3.05, 3.63) is 63.7 Å². The van der Waals surface area contributed by atoms with E-state index in [9.17, 15) is 8.78 Å². The number of hydrazine groups is 1. The van der Waals surface area contributed by atoms with Crippen molar-refractivity contribution in [1.29, 1.82) is 0 Å². The summed E-state index contributed by atoms with van der Waals surface area (Å²) < 4.78 is 28.2. The molecule has 1 unspecified atom stereocenters. The number of halogens is 3. The number of aryl methyl sites for hydroxylation is 1. The topological polar surface area (TPSA) is 64.1 Å². The molecule has 0 saturated carbocycles. The SMILES string of the molecule is Cc1ccc(F)c(C(NN)c2ccc(Cl)cc2N)c1F. The quantitative estimate of drug-likeness (QED) is 0.463. The first-order chi connectivity index (χ1) is 9.45. The van der Waals surface area contributed by atoms with Crippen LogP contribution in [0.1, 0.15) is 22.7 Å². The summed E-state index contributed by atoms with van der Waals surface area (Å²) in [4.78, 5) is 0. The standard InChI is InChI=1S/C14H14ClF2N3/c1-7-2-5-10(16)12(13(7)17)14(20-19)9-4-3-8(15)6-11(9)18/h2-6,14,20H,18-19H2,1H3. The molecule has 0 spiro atoms. The van der Waals surface area contributed by atoms with E-state index in [4.69, 9.17) is 23.2 Å². The highest BCUT2D eigenvalue weighted by atomic mass is 35.5. The van der Waals surface area contributed by atoms with E-state index < -0.39 is 17.7 Å². The van der Waals surface area contributed by atoms with Crippen LogP contribution in [0.2, 0.25) is 5.02 Å². The Morgan fingerprint density at radius 2 is 1.90 bits per heavy atom. The van der Waals surface area contributed by atoms with Crippen LogP contribution in [0.3, 0.4) is 0 Å². The first-order valence-electron chi connectivity index (χ1n) is 5.91. The maximum Gasteiger partial charge on any atom is 0.134 e. The maximum absolute atomic E-state index is 14.2. The second-order valence-corrected chi connectivity index (χ2v) is 4.90. The van der Waals surface area contributed by atoms with Gasteiger partial charge in [0.2, 0.25) is 0 Å². The molecule has 0 amide bonds. The lowest BCUT2D eigenvalue weighted by atomic mass is 9.95. The van der Waals surface area contributed by atoms with Crippen molar-refractivity contribution in [2.45, 2.75) is 13.0 Å². The van der Waals surface area contributed by atoms with Crippen molar-refractivity contribution in [2.75, 3.05) is 5.73 Å². The fourth-order valence-electron chi connectivity index (χ4n) is 2.08. The van der Waals surface area contributed by atoms with Crippen molar-refractivity contribution >= 4 is 17.3 Å². The lowest BCUT2D eigenvalue weighted by Gasteiger charge is -2.20. The van der Waals surface area contributed by atoms with Gasteiger partial charge in [0.1, 0.15) is 11.6 Å². The van der Waals surface area contributed by atoms with Crippen LogP contribution >= 0.6 is 11.6 Å². The average Bonchev–Trinajstić information content (AvgIpc) is 2.40. The van der Waals surface area contributed by atoms with E-state index in [2.05, 4.69) is 5.43 Å². The number of hydrogen-bond donors (Lipinski definition) is 3. The van der Waals surface area contributed by atoms with E-state index in [1.54, 1.807) is 19.1 Å². The zero-order valence-electron chi connectivity index (χ0n) is 10.8. The Morgan fingerprint density at radius 1 is 1.20 bits per heavy atom. The number of nitrogens with one attached hydrogen (secondary N) is 1. The molecular weight excluding hydrogens is 284 g/mol. The summed E-state index contributed by atoms with van der Waals surface area (Å²) in [5.41, 5.74) is 9.18. The van der Waals surface area contributed by atoms with Crippen molar-refractivity contribution in [2.24, 2.45) is 5.84 Å². The van der Waals surface area contributed by atoms with Gasteiger partial charge in [-0.15, -0.1) is 0 Å². The summed E-state index contributed by atoms with van der Waals surface area (Å²) in [7, 11) is 0. The van der Waals surface area contributed by atoms with Gasteiger partial charge in [-0.05, 0) is 36.2 Å². The van der Waals surface area contributed by atoms with Gasteiger partial charge < -0.3 is 5.73 Å². The first-order valence-corrected chi connectivity index (χ1v) is 6.29. The molecule has 0 fully saturated rings. The van der Waals surface area contributed by atoms with Gasteiger partial charge in [0.05, 0.1) is 6.04 Å². The highest BCUT2D eigenvalue weighted by Crippen LogP contribution is 2.32. The summed E-state index contributed by atoms with van der Waals surface area (Å²) in [6.45, 7) is 1.55. The average molecular weight is 298 g/mol. The fraction of sp³-hybridized carbons (Fsp3) is 0.143. The molecule has 3 nitrogen and oxygen atoms in total. The van der Waals surface area contributed by atoms with Crippen LogP contribution < -0.4 is 17.0 Å². The monoisotopic (exact) mass is 297 g/mol. The fourth-order valence-corrected chi connectivity index (χ4v) is 2.26. The summed E-state index contributed by atoms with van der Waals surface area (Å²) in [5.74, 6) is 4.12. The summed E-state index contributed by atoms with van der Waals surface area (Å²) >= 11 is 5.82. The Bertz CT molecular complexity index is 647. The Hall–Kier alpha value is -1.69. The molecular formula is C14H14ClF2N3. The molecule has 0 aliphatic carbocycles. The van der Waals surface area contributed by atoms with Crippen LogP contribution in [0.5, 0.6) is 0 Å². The number of benzene rings is 2. The predicted molar refractivity (Wildman–Crippen MR) is 76.1 cm³/mol. The minimum atomic E-state index is -0.896. The lowest BCUT2D eigenvalue weighted by molar-refractivity contribution is 0.507. The Kier molecular flexibility index (Phi) is 4.23. The van der Waals surface area contributed by atoms with Crippen LogP contribution in [-0.2, 0) is 0 Å². The zero-order chi connectivity index (χ0) is 14.9. The van der Waals surface area contributed by atoms with Crippen molar-refractivity contribution in [1.82, 2.24) is 5.43 Å². The normalized spacial score (nSPS) is 12.4. The predicted octanol–water partition coefficient (Wildman–Crippen LogP) is 3.06. The van der Waals surface area contributed by atoms with E-state index in [1.807, 2.05) is 0 Å². The number of hydrogen-bond acceptors (Lipinski definition) is 3. The van der Waals surface area contributed by atoms with Gasteiger partial charge in [0.25, 0.3) is 0 Å². The molecule has 2 aromatic rings. The van der Waals surface area contributed by atoms with Gasteiger partial charge in [-0.25, -0.2) is 14.2 Å². The second-order valence-electron chi connectivity index (χ2n) is 4.46. The minimum absolute atomic E-state index is 0.165. The van der Waals surface area contributed by atoms with Crippen LogP contribution in [0.4, 0.5) is 14.5 Å². The third-order valence-corrected chi connectivity index (χ3v) is 3.37. The van der Waals surface area contributed by atoms with Crippen molar-refractivity contribution in [3.8, 4) is 0 Å². The molecule has 1 atom stereocenters. The van der Waals surface area contributed by atoms with Crippen LogP contribution in [0.25, 0.3) is 0 Å². The minimum Gasteiger partial charge on any atom is -0.398 e. The molecule has 0 aromatic heterocycles. The molecule has 6 heteroatoms. The summed E-state index contributed by atoms with van der Waals surface area (Å²) in [5, 5.41) is 0.437. The van der Waals surface area contributed by atoms with Gasteiger partial charge in [-0.3, -0.25) is 5.84 Å². The summed E-state index contributed by atoms with van der Waals surface area (Å²) in [6.07, 6.45) is 0. The molecule has 2 aromatic carbocycles. The van der Waals surface area contributed by atoms with Crippen molar-refractivity contribution in [3.63, 3.8) is 0 Å².